The number of pyridine rings is 1. The van der Waals surface area contributed by atoms with Crippen molar-refractivity contribution in [1.29, 1.82) is 0 Å². The molecule has 1 aromatic heterocycles. The number of anilines is 1. The van der Waals surface area contributed by atoms with Crippen molar-refractivity contribution in [3.05, 3.63) is 58.3 Å². The van der Waals surface area contributed by atoms with Crippen molar-refractivity contribution in [3.8, 4) is 5.75 Å². The first-order valence-electron chi connectivity index (χ1n) is 6.11. The molecule has 1 N–H and O–H groups in total. The van der Waals surface area contributed by atoms with E-state index in [4.69, 9.17) is 4.74 Å². The molecular weight excluding hydrogens is 274 g/mol. The molecule has 108 valence electrons. The lowest BCUT2D eigenvalue weighted by Crippen LogP contribution is -2.15. The first kappa shape index (κ1) is 14.4. The van der Waals surface area contributed by atoms with E-state index >= 15 is 0 Å². The van der Waals surface area contributed by atoms with Gasteiger partial charge in [-0.25, -0.2) is 4.98 Å². The third kappa shape index (κ3) is 4.00. The number of benzene rings is 1. The van der Waals surface area contributed by atoms with Crippen LogP contribution >= 0.6 is 0 Å². The molecule has 0 unspecified atom stereocenters. The number of aromatic nitrogens is 1. The Morgan fingerprint density at radius 1 is 1.33 bits per heavy atom. The van der Waals surface area contributed by atoms with Crippen molar-refractivity contribution >= 4 is 17.4 Å². The molecule has 0 aliphatic carbocycles. The van der Waals surface area contributed by atoms with E-state index in [2.05, 4.69) is 10.3 Å². The number of carbonyl (C=O) groups excluding carboxylic acids is 1. The second-order valence-corrected chi connectivity index (χ2v) is 4.23. The normalized spacial score (nSPS) is 9.95. The lowest BCUT2D eigenvalue weighted by atomic mass is 10.1. The van der Waals surface area contributed by atoms with Crippen molar-refractivity contribution in [1.82, 2.24) is 4.98 Å². The highest BCUT2D eigenvalue weighted by atomic mass is 16.6. The molecule has 0 aliphatic heterocycles. The number of carbonyl (C=O) groups is 1. The van der Waals surface area contributed by atoms with Gasteiger partial charge in [0.15, 0.2) is 0 Å². The van der Waals surface area contributed by atoms with Crippen LogP contribution in [0.3, 0.4) is 0 Å². The van der Waals surface area contributed by atoms with Crippen LogP contribution < -0.4 is 10.1 Å². The molecule has 0 radical (unpaired) electrons. The van der Waals surface area contributed by atoms with Crippen LogP contribution in [0.2, 0.25) is 0 Å². The number of nitrogens with zero attached hydrogens (tertiary/aromatic N) is 2. The number of amides is 1. The second kappa shape index (κ2) is 6.47. The Balaban J connectivity index is 1.99. The maximum Gasteiger partial charge on any atom is 0.269 e. The van der Waals surface area contributed by atoms with Gasteiger partial charge in [0.05, 0.1) is 18.5 Å². The molecule has 2 rings (SSSR count). The highest BCUT2D eigenvalue weighted by Gasteiger charge is 2.08. The van der Waals surface area contributed by atoms with Gasteiger partial charge in [0, 0.05) is 24.4 Å². The standard InChI is InChI=1S/C14H13N3O4/c1-21-12-6-7-15-13(9-12)16-14(18)8-10-2-4-11(5-3-10)17(19)20/h2-7,9H,8H2,1H3,(H,15,16,18). The van der Waals surface area contributed by atoms with E-state index in [1.165, 1.54) is 25.4 Å². The SMILES string of the molecule is COc1ccnc(NC(=O)Cc2ccc([N+](=O)[O-])cc2)c1. The molecule has 1 aromatic carbocycles. The number of non-ortho nitro benzene ring substituents is 1. The van der Waals surface area contributed by atoms with Gasteiger partial charge < -0.3 is 10.1 Å². The fourth-order valence-corrected chi connectivity index (χ4v) is 1.71. The molecule has 0 aliphatic rings. The van der Waals surface area contributed by atoms with Crippen LogP contribution in [0.4, 0.5) is 11.5 Å². The summed E-state index contributed by atoms with van der Waals surface area (Å²) < 4.78 is 5.04. The van der Waals surface area contributed by atoms with Gasteiger partial charge in [0.1, 0.15) is 11.6 Å². The van der Waals surface area contributed by atoms with Crippen molar-refractivity contribution in [2.24, 2.45) is 0 Å². The fourth-order valence-electron chi connectivity index (χ4n) is 1.71. The monoisotopic (exact) mass is 287 g/mol. The van der Waals surface area contributed by atoms with E-state index in [0.29, 0.717) is 17.1 Å². The molecule has 7 heteroatoms. The number of hydrogen-bond acceptors (Lipinski definition) is 5. The maximum absolute atomic E-state index is 11.9. The van der Waals surface area contributed by atoms with Gasteiger partial charge in [-0.15, -0.1) is 0 Å². The smallest absolute Gasteiger partial charge is 0.269 e. The summed E-state index contributed by atoms with van der Waals surface area (Å²) in [5.41, 5.74) is 0.676. The van der Waals surface area contributed by atoms with Crippen LogP contribution in [0.5, 0.6) is 5.75 Å². The third-order valence-corrected chi connectivity index (χ3v) is 2.75. The molecule has 1 heterocycles. The Kier molecular flexibility index (Phi) is 4.45. The Labute approximate surface area is 120 Å². The predicted molar refractivity (Wildman–Crippen MR) is 76.2 cm³/mol. The second-order valence-electron chi connectivity index (χ2n) is 4.23. The summed E-state index contributed by atoms with van der Waals surface area (Å²) in [6.07, 6.45) is 1.64. The van der Waals surface area contributed by atoms with Gasteiger partial charge in [-0.05, 0) is 11.6 Å². The van der Waals surface area contributed by atoms with Gasteiger partial charge in [0.25, 0.3) is 5.69 Å². The zero-order chi connectivity index (χ0) is 15.2. The molecule has 2 aromatic rings. The minimum Gasteiger partial charge on any atom is -0.497 e. The van der Waals surface area contributed by atoms with Gasteiger partial charge in [-0.3, -0.25) is 14.9 Å². The molecule has 0 spiro atoms. The average molecular weight is 287 g/mol. The van der Waals surface area contributed by atoms with Crippen LogP contribution in [0, 0.1) is 10.1 Å². The Morgan fingerprint density at radius 3 is 2.67 bits per heavy atom. The molecule has 0 atom stereocenters. The van der Waals surface area contributed by atoms with E-state index in [9.17, 15) is 14.9 Å². The van der Waals surface area contributed by atoms with Gasteiger partial charge in [0.2, 0.25) is 5.91 Å². The van der Waals surface area contributed by atoms with Crippen molar-refractivity contribution in [3.63, 3.8) is 0 Å². The van der Waals surface area contributed by atoms with E-state index in [1.54, 1.807) is 24.3 Å². The summed E-state index contributed by atoms with van der Waals surface area (Å²) in [6, 6.07) is 9.12. The lowest BCUT2D eigenvalue weighted by molar-refractivity contribution is -0.384. The zero-order valence-electron chi connectivity index (χ0n) is 11.3. The number of rotatable bonds is 5. The number of nitrogens with one attached hydrogen (secondary N) is 1. The van der Waals surface area contributed by atoms with Gasteiger partial charge in [-0.1, -0.05) is 12.1 Å². The van der Waals surface area contributed by atoms with Crippen LogP contribution in [0.25, 0.3) is 0 Å². The minimum absolute atomic E-state index is 0.00591. The maximum atomic E-state index is 11.9. The molecule has 1 amide bonds. The number of methoxy groups -OCH3 is 1. The van der Waals surface area contributed by atoms with Crippen molar-refractivity contribution < 1.29 is 14.5 Å². The number of ether oxygens (including phenoxy) is 1. The summed E-state index contributed by atoms with van der Waals surface area (Å²) in [4.78, 5) is 25.9. The quantitative estimate of drug-likeness (QED) is 0.671. The van der Waals surface area contributed by atoms with Crippen molar-refractivity contribution in [2.45, 2.75) is 6.42 Å². The molecule has 0 fully saturated rings. The van der Waals surface area contributed by atoms with Crippen LogP contribution in [-0.4, -0.2) is 22.9 Å². The lowest BCUT2D eigenvalue weighted by Gasteiger charge is -2.06. The number of nitro benzene ring substituents is 1. The largest absolute Gasteiger partial charge is 0.497 e. The topological polar surface area (TPSA) is 94.4 Å². The number of nitro groups is 1. The Hall–Kier alpha value is -2.96. The third-order valence-electron chi connectivity index (χ3n) is 2.75. The van der Waals surface area contributed by atoms with Crippen LogP contribution in [0.15, 0.2) is 42.6 Å². The molecule has 7 nitrogen and oxygen atoms in total. The van der Waals surface area contributed by atoms with Gasteiger partial charge in [-0.2, -0.15) is 0 Å². The van der Waals surface area contributed by atoms with E-state index in [-0.39, 0.29) is 18.0 Å². The van der Waals surface area contributed by atoms with Crippen LogP contribution in [0.1, 0.15) is 5.56 Å². The van der Waals surface area contributed by atoms with Gasteiger partial charge >= 0.3 is 0 Å². The van der Waals surface area contributed by atoms with Crippen molar-refractivity contribution in [2.75, 3.05) is 12.4 Å². The highest BCUT2D eigenvalue weighted by molar-refractivity contribution is 5.91. The fraction of sp³-hybridized carbons (Fsp3) is 0.143. The molecule has 0 bridgehead atoms. The summed E-state index contributed by atoms with van der Waals surface area (Å²) in [6.45, 7) is 0. The Morgan fingerprint density at radius 2 is 2.05 bits per heavy atom. The minimum atomic E-state index is -0.482. The zero-order valence-corrected chi connectivity index (χ0v) is 11.3. The summed E-state index contributed by atoms with van der Waals surface area (Å²) in [7, 11) is 1.53. The predicted octanol–water partition coefficient (Wildman–Crippen LogP) is 2.18. The van der Waals surface area contributed by atoms with Crippen LogP contribution in [-0.2, 0) is 11.2 Å². The highest BCUT2D eigenvalue weighted by Crippen LogP contribution is 2.15. The first-order valence-corrected chi connectivity index (χ1v) is 6.11. The van der Waals surface area contributed by atoms with E-state index in [1.807, 2.05) is 0 Å². The van der Waals surface area contributed by atoms with E-state index < -0.39 is 4.92 Å². The molecule has 0 saturated heterocycles. The summed E-state index contributed by atoms with van der Waals surface area (Å²) in [5, 5.41) is 13.2. The summed E-state index contributed by atoms with van der Waals surface area (Å²) >= 11 is 0. The molecule has 0 saturated carbocycles. The molecule has 21 heavy (non-hydrogen) atoms. The summed E-state index contributed by atoms with van der Waals surface area (Å²) in [5.74, 6) is 0.724. The number of hydrogen-bond donors (Lipinski definition) is 1. The van der Waals surface area contributed by atoms with E-state index in [0.717, 1.165) is 0 Å². The average Bonchev–Trinajstić information content (AvgIpc) is 2.47. The Bertz CT molecular complexity index is 656. The first-order chi connectivity index (χ1) is 10.1. The molecular formula is C14H13N3O4.